The minimum atomic E-state index is -0.945. The van der Waals surface area contributed by atoms with Crippen LogP contribution in [0.15, 0.2) is 18.6 Å². The number of carbonyl (C=O) groups is 1. The van der Waals surface area contributed by atoms with Crippen molar-refractivity contribution in [2.75, 3.05) is 0 Å². The Morgan fingerprint density at radius 2 is 2.26 bits per heavy atom. The number of aromatic nitrogens is 3. The molecule has 1 N–H and O–H groups in total. The molecule has 3 rings (SSSR count). The smallest absolute Gasteiger partial charge is 0.328 e. The van der Waals surface area contributed by atoms with E-state index in [0.29, 0.717) is 5.92 Å². The van der Waals surface area contributed by atoms with E-state index in [1.54, 1.807) is 12.4 Å². The van der Waals surface area contributed by atoms with Crippen LogP contribution in [0.3, 0.4) is 0 Å². The lowest BCUT2D eigenvalue weighted by Crippen LogP contribution is -2.11. The fourth-order valence-corrected chi connectivity index (χ4v) is 2.55. The van der Waals surface area contributed by atoms with Gasteiger partial charge >= 0.3 is 5.97 Å². The zero-order valence-corrected chi connectivity index (χ0v) is 10.7. The molecular formula is C14H15N3O2. The molecule has 98 valence electrons. The summed E-state index contributed by atoms with van der Waals surface area (Å²) in [6.07, 6.45) is 9.83. The SMILES string of the molecule is Cn1cc(/C=C/C(=O)O)c2c(C3CCC3)ncnc21. The first-order valence-corrected chi connectivity index (χ1v) is 6.37. The van der Waals surface area contributed by atoms with Gasteiger partial charge in [-0.05, 0) is 18.9 Å². The molecule has 0 radical (unpaired) electrons. The summed E-state index contributed by atoms with van der Waals surface area (Å²) < 4.78 is 1.92. The Hall–Kier alpha value is -2.17. The van der Waals surface area contributed by atoms with Crippen molar-refractivity contribution < 1.29 is 9.90 Å². The lowest BCUT2D eigenvalue weighted by atomic mass is 9.81. The van der Waals surface area contributed by atoms with Crippen molar-refractivity contribution >= 4 is 23.1 Å². The number of rotatable bonds is 3. The molecule has 0 spiro atoms. The Balaban J connectivity index is 2.18. The van der Waals surface area contributed by atoms with Gasteiger partial charge in [-0.2, -0.15) is 0 Å². The van der Waals surface area contributed by atoms with E-state index in [1.165, 1.54) is 6.42 Å². The van der Waals surface area contributed by atoms with Gasteiger partial charge in [0.05, 0.1) is 5.69 Å². The third kappa shape index (κ3) is 2.01. The van der Waals surface area contributed by atoms with Crippen LogP contribution in [0.5, 0.6) is 0 Å². The topological polar surface area (TPSA) is 68.0 Å². The molecule has 1 saturated carbocycles. The standard InChI is InChI=1S/C14H15N3O2/c1-17-7-10(5-6-11(18)19)12-13(9-3-2-4-9)15-8-16-14(12)17/h5-9H,2-4H2,1H3,(H,18,19)/b6-5+. The molecule has 5 nitrogen and oxygen atoms in total. The first-order chi connectivity index (χ1) is 9.16. The number of fused-ring (bicyclic) bond motifs is 1. The van der Waals surface area contributed by atoms with E-state index in [-0.39, 0.29) is 0 Å². The maximum absolute atomic E-state index is 10.7. The lowest BCUT2D eigenvalue weighted by molar-refractivity contribution is -0.131. The largest absolute Gasteiger partial charge is 0.478 e. The normalized spacial score (nSPS) is 16.1. The van der Waals surface area contributed by atoms with Gasteiger partial charge in [0, 0.05) is 36.2 Å². The minimum Gasteiger partial charge on any atom is -0.478 e. The summed E-state index contributed by atoms with van der Waals surface area (Å²) >= 11 is 0. The quantitative estimate of drug-likeness (QED) is 0.857. The van der Waals surface area contributed by atoms with E-state index in [4.69, 9.17) is 5.11 Å². The Morgan fingerprint density at radius 3 is 2.89 bits per heavy atom. The highest BCUT2D eigenvalue weighted by Crippen LogP contribution is 2.39. The third-order valence-corrected chi connectivity index (χ3v) is 3.71. The van der Waals surface area contributed by atoms with E-state index in [9.17, 15) is 4.79 Å². The molecular weight excluding hydrogens is 242 g/mol. The predicted octanol–water partition coefficient (Wildman–Crippen LogP) is 2.33. The molecule has 0 saturated heterocycles. The van der Waals surface area contributed by atoms with Gasteiger partial charge in [0.25, 0.3) is 0 Å². The monoisotopic (exact) mass is 257 g/mol. The van der Waals surface area contributed by atoms with Crippen LogP contribution in [-0.2, 0) is 11.8 Å². The molecule has 19 heavy (non-hydrogen) atoms. The molecule has 0 aliphatic heterocycles. The number of hydrogen-bond donors (Lipinski definition) is 1. The van der Waals surface area contributed by atoms with Gasteiger partial charge < -0.3 is 9.67 Å². The zero-order valence-electron chi connectivity index (χ0n) is 10.7. The van der Waals surface area contributed by atoms with Gasteiger partial charge in [-0.1, -0.05) is 6.42 Å². The zero-order chi connectivity index (χ0) is 13.4. The van der Waals surface area contributed by atoms with E-state index in [2.05, 4.69) is 9.97 Å². The second kappa shape index (κ2) is 4.50. The molecule has 0 amide bonds. The van der Waals surface area contributed by atoms with E-state index < -0.39 is 5.97 Å². The van der Waals surface area contributed by atoms with Gasteiger partial charge in [-0.25, -0.2) is 14.8 Å². The summed E-state index contributed by atoms with van der Waals surface area (Å²) in [5.41, 5.74) is 2.80. The Kier molecular flexibility index (Phi) is 2.81. The number of aliphatic carboxylic acids is 1. The maximum atomic E-state index is 10.7. The average Bonchev–Trinajstić information content (AvgIpc) is 2.63. The number of hydrogen-bond acceptors (Lipinski definition) is 3. The summed E-state index contributed by atoms with van der Waals surface area (Å²) in [5.74, 6) is -0.455. The van der Waals surface area contributed by atoms with Crippen molar-refractivity contribution in [1.29, 1.82) is 0 Å². The molecule has 0 unspecified atom stereocenters. The lowest BCUT2D eigenvalue weighted by Gasteiger charge is -2.25. The first-order valence-electron chi connectivity index (χ1n) is 6.37. The summed E-state index contributed by atoms with van der Waals surface area (Å²) in [7, 11) is 1.91. The van der Waals surface area contributed by atoms with Crippen LogP contribution in [0.2, 0.25) is 0 Å². The number of carboxylic acids is 1. The number of carboxylic acid groups (broad SMARTS) is 1. The summed E-state index contributed by atoms with van der Waals surface area (Å²) in [6, 6.07) is 0. The predicted molar refractivity (Wildman–Crippen MR) is 71.8 cm³/mol. The highest BCUT2D eigenvalue weighted by Gasteiger charge is 2.25. The van der Waals surface area contributed by atoms with Crippen LogP contribution >= 0.6 is 0 Å². The molecule has 2 aromatic rings. The van der Waals surface area contributed by atoms with E-state index in [0.717, 1.165) is 41.2 Å². The Morgan fingerprint density at radius 1 is 1.47 bits per heavy atom. The second-order valence-corrected chi connectivity index (χ2v) is 4.95. The van der Waals surface area contributed by atoms with Crippen LogP contribution in [0.4, 0.5) is 0 Å². The molecule has 2 heterocycles. The van der Waals surface area contributed by atoms with Gasteiger partial charge in [0.15, 0.2) is 0 Å². The first kappa shape index (κ1) is 11.9. The van der Waals surface area contributed by atoms with Gasteiger partial charge in [0.1, 0.15) is 12.0 Å². The van der Waals surface area contributed by atoms with Crippen LogP contribution in [-0.4, -0.2) is 25.6 Å². The van der Waals surface area contributed by atoms with Gasteiger partial charge in [-0.3, -0.25) is 0 Å². The number of nitrogens with zero attached hydrogens (tertiary/aromatic N) is 3. The van der Waals surface area contributed by atoms with Crippen LogP contribution in [0.25, 0.3) is 17.1 Å². The molecule has 2 aromatic heterocycles. The van der Waals surface area contributed by atoms with Crippen LogP contribution < -0.4 is 0 Å². The van der Waals surface area contributed by atoms with E-state index >= 15 is 0 Å². The Bertz CT molecular complexity index is 669. The summed E-state index contributed by atoms with van der Waals surface area (Å²) in [5, 5.41) is 9.76. The fourth-order valence-electron chi connectivity index (χ4n) is 2.55. The second-order valence-electron chi connectivity index (χ2n) is 4.95. The maximum Gasteiger partial charge on any atom is 0.328 e. The molecule has 0 aromatic carbocycles. The number of aryl methyl sites for hydroxylation is 1. The fraction of sp³-hybridized carbons (Fsp3) is 0.357. The van der Waals surface area contributed by atoms with Gasteiger partial charge in [0.2, 0.25) is 0 Å². The molecule has 5 heteroatoms. The van der Waals surface area contributed by atoms with Crippen molar-refractivity contribution in [2.24, 2.45) is 7.05 Å². The van der Waals surface area contributed by atoms with Crippen molar-refractivity contribution in [1.82, 2.24) is 14.5 Å². The highest BCUT2D eigenvalue weighted by atomic mass is 16.4. The molecule has 0 bridgehead atoms. The van der Waals surface area contributed by atoms with Crippen molar-refractivity contribution in [3.8, 4) is 0 Å². The molecule has 1 aliphatic rings. The molecule has 1 fully saturated rings. The van der Waals surface area contributed by atoms with Crippen molar-refractivity contribution in [2.45, 2.75) is 25.2 Å². The summed E-state index contributed by atoms with van der Waals surface area (Å²) in [4.78, 5) is 19.4. The summed E-state index contributed by atoms with van der Waals surface area (Å²) in [6.45, 7) is 0. The van der Waals surface area contributed by atoms with Crippen molar-refractivity contribution in [3.05, 3.63) is 29.9 Å². The van der Waals surface area contributed by atoms with E-state index in [1.807, 2.05) is 17.8 Å². The highest BCUT2D eigenvalue weighted by molar-refractivity contribution is 5.93. The molecule has 1 aliphatic carbocycles. The van der Waals surface area contributed by atoms with Crippen LogP contribution in [0.1, 0.15) is 36.4 Å². The van der Waals surface area contributed by atoms with Gasteiger partial charge in [-0.15, -0.1) is 0 Å². The molecule has 0 atom stereocenters. The minimum absolute atomic E-state index is 0.491. The van der Waals surface area contributed by atoms with Crippen molar-refractivity contribution in [3.63, 3.8) is 0 Å². The average molecular weight is 257 g/mol. The Labute approximate surface area is 110 Å². The third-order valence-electron chi connectivity index (χ3n) is 3.71. The van der Waals surface area contributed by atoms with Crippen LogP contribution in [0, 0.1) is 0 Å².